The Hall–Kier alpha value is -1.32. The topological polar surface area (TPSA) is 63.6 Å². The Labute approximate surface area is 82.6 Å². The van der Waals surface area contributed by atoms with Crippen LogP contribution in [0.25, 0.3) is 0 Å². The van der Waals surface area contributed by atoms with Crippen molar-refractivity contribution in [3.05, 3.63) is 12.7 Å². The molecule has 2 atom stereocenters. The van der Waals surface area contributed by atoms with E-state index in [1.807, 2.05) is 0 Å². The van der Waals surface area contributed by atoms with E-state index >= 15 is 0 Å². The Morgan fingerprint density at radius 1 is 1.43 bits per heavy atom. The molecule has 1 rings (SSSR count). The number of esters is 1. The van der Waals surface area contributed by atoms with E-state index in [0.717, 1.165) is 6.42 Å². The molecule has 0 aromatic carbocycles. The SMILES string of the molecule is C=CCOC(=O)[C@H]1CCC[C@H]1C(=O)O. The summed E-state index contributed by atoms with van der Waals surface area (Å²) >= 11 is 0. The van der Waals surface area contributed by atoms with Crippen molar-refractivity contribution in [2.75, 3.05) is 6.61 Å². The number of ether oxygens (including phenoxy) is 1. The smallest absolute Gasteiger partial charge is 0.310 e. The van der Waals surface area contributed by atoms with Gasteiger partial charge in [0.15, 0.2) is 0 Å². The van der Waals surface area contributed by atoms with Crippen molar-refractivity contribution in [3.63, 3.8) is 0 Å². The highest BCUT2D eigenvalue weighted by atomic mass is 16.5. The molecule has 1 N–H and O–H groups in total. The Morgan fingerprint density at radius 3 is 2.64 bits per heavy atom. The molecule has 1 aliphatic rings. The summed E-state index contributed by atoms with van der Waals surface area (Å²) in [6, 6.07) is 0. The van der Waals surface area contributed by atoms with E-state index < -0.39 is 23.8 Å². The van der Waals surface area contributed by atoms with Gasteiger partial charge in [-0.25, -0.2) is 0 Å². The van der Waals surface area contributed by atoms with Crippen molar-refractivity contribution in [1.29, 1.82) is 0 Å². The molecule has 0 aliphatic heterocycles. The lowest BCUT2D eigenvalue weighted by atomic mass is 9.96. The van der Waals surface area contributed by atoms with Crippen LogP contribution in [0, 0.1) is 11.8 Å². The normalized spacial score (nSPS) is 25.7. The molecule has 1 aliphatic carbocycles. The van der Waals surface area contributed by atoms with Crippen LogP contribution < -0.4 is 0 Å². The Bertz CT molecular complexity index is 247. The van der Waals surface area contributed by atoms with E-state index in [1.165, 1.54) is 6.08 Å². The van der Waals surface area contributed by atoms with E-state index in [4.69, 9.17) is 9.84 Å². The summed E-state index contributed by atoms with van der Waals surface area (Å²) in [5.74, 6) is -2.34. The van der Waals surface area contributed by atoms with Gasteiger partial charge in [0.05, 0.1) is 11.8 Å². The zero-order valence-electron chi connectivity index (χ0n) is 7.94. The molecular formula is C10H14O4. The number of carboxylic acid groups (broad SMARTS) is 1. The van der Waals surface area contributed by atoms with Gasteiger partial charge in [-0.05, 0) is 12.8 Å². The lowest BCUT2D eigenvalue weighted by molar-refractivity contribution is -0.155. The van der Waals surface area contributed by atoms with Gasteiger partial charge in [0.25, 0.3) is 0 Å². The minimum Gasteiger partial charge on any atom is -0.481 e. The quantitative estimate of drug-likeness (QED) is 0.545. The monoisotopic (exact) mass is 198 g/mol. The third-order valence-corrected chi connectivity index (χ3v) is 2.48. The predicted molar refractivity (Wildman–Crippen MR) is 49.6 cm³/mol. The van der Waals surface area contributed by atoms with Crippen LogP contribution in [-0.4, -0.2) is 23.7 Å². The molecule has 78 valence electrons. The molecule has 0 spiro atoms. The van der Waals surface area contributed by atoms with Crippen LogP contribution in [0.1, 0.15) is 19.3 Å². The molecule has 0 heterocycles. The predicted octanol–water partition coefficient (Wildman–Crippen LogP) is 1.22. The van der Waals surface area contributed by atoms with Crippen LogP contribution in [-0.2, 0) is 14.3 Å². The molecule has 0 aromatic heterocycles. The third-order valence-electron chi connectivity index (χ3n) is 2.48. The second kappa shape index (κ2) is 4.79. The second-order valence-electron chi connectivity index (χ2n) is 3.40. The van der Waals surface area contributed by atoms with Gasteiger partial charge >= 0.3 is 11.9 Å². The fraction of sp³-hybridized carbons (Fsp3) is 0.600. The van der Waals surface area contributed by atoms with Gasteiger partial charge < -0.3 is 9.84 Å². The molecule has 0 bridgehead atoms. The molecule has 0 radical (unpaired) electrons. The van der Waals surface area contributed by atoms with Crippen molar-refractivity contribution >= 4 is 11.9 Å². The molecule has 1 saturated carbocycles. The zero-order chi connectivity index (χ0) is 10.6. The number of carboxylic acids is 1. The maximum atomic E-state index is 11.4. The Morgan fingerprint density at radius 2 is 2.07 bits per heavy atom. The van der Waals surface area contributed by atoms with Crippen molar-refractivity contribution < 1.29 is 19.4 Å². The van der Waals surface area contributed by atoms with Crippen LogP contribution in [0.15, 0.2) is 12.7 Å². The van der Waals surface area contributed by atoms with Gasteiger partial charge in [0.1, 0.15) is 6.61 Å². The second-order valence-corrected chi connectivity index (χ2v) is 3.40. The van der Waals surface area contributed by atoms with E-state index in [2.05, 4.69) is 6.58 Å². The third kappa shape index (κ3) is 2.34. The van der Waals surface area contributed by atoms with Crippen LogP contribution >= 0.6 is 0 Å². The molecule has 0 unspecified atom stereocenters. The Kier molecular flexibility index (Phi) is 3.68. The van der Waals surface area contributed by atoms with E-state index in [0.29, 0.717) is 12.8 Å². The van der Waals surface area contributed by atoms with Crippen LogP contribution in [0.3, 0.4) is 0 Å². The van der Waals surface area contributed by atoms with Crippen LogP contribution in [0.5, 0.6) is 0 Å². The first kappa shape index (κ1) is 10.8. The maximum Gasteiger partial charge on any atom is 0.310 e. The molecule has 0 amide bonds. The highest BCUT2D eigenvalue weighted by molar-refractivity contribution is 5.81. The van der Waals surface area contributed by atoms with Crippen molar-refractivity contribution in [1.82, 2.24) is 0 Å². The van der Waals surface area contributed by atoms with E-state index in [-0.39, 0.29) is 6.61 Å². The van der Waals surface area contributed by atoms with Gasteiger partial charge in [0.2, 0.25) is 0 Å². The number of hydrogen-bond acceptors (Lipinski definition) is 3. The standard InChI is InChI=1S/C10H14O4/c1-2-6-14-10(13)8-5-3-4-7(8)9(11)12/h2,7-8H,1,3-6H2,(H,11,12)/t7-,8+/m1/s1. The summed E-state index contributed by atoms with van der Waals surface area (Å²) in [5, 5.41) is 8.83. The molecule has 0 aromatic rings. The fourth-order valence-corrected chi connectivity index (χ4v) is 1.79. The first-order valence-electron chi connectivity index (χ1n) is 4.67. The molecular weight excluding hydrogens is 184 g/mol. The molecule has 1 fully saturated rings. The van der Waals surface area contributed by atoms with Crippen molar-refractivity contribution in [2.24, 2.45) is 11.8 Å². The lowest BCUT2D eigenvalue weighted by Crippen LogP contribution is -2.26. The average Bonchev–Trinajstić information content (AvgIpc) is 2.62. The van der Waals surface area contributed by atoms with Gasteiger partial charge in [-0.1, -0.05) is 19.1 Å². The number of rotatable bonds is 4. The fourth-order valence-electron chi connectivity index (χ4n) is 1.79. The summed E-state index contributed by atoms with van der Waals surface area (Å²) in [6.45, 7) is 3.57. The summed E-state index contributed by atoms with van der Waals surface area (Å²) in [5.41, 5.74) is 0. The highest BCUT2D eigenvalue weighted by Crippen LogP contribution is 2.32. The largest absolute Gasteiger partial charge is 0.481 e. The Balaban J connectivity index is 2.53. The lowest BCUT2D eigenvalue weighted by Gasteiger charge is -2.13. The maximum absolute atomic E-state index is 11.4. The summed E-state index contributed by atoms with van der Waals surface area (Å²) < 4.78 is 4.84. The highest BCUT2D eigenvalue weighted by Gasteiger charge is 2.38. The summed E-state index contributed by atoms with van der Waals surface area (Å²) in [4.78, 5) is 22.1. The number of carbonyl (C=O) groups excluding carboxylic acids is 1. The molecule has 4 nitrogen and oxygen atoms in total. The van der Waals surface area contributed by atoms with E-state index in [1.54, 1.807) is 0 Å². The van der Waals surface area contributed by atoms with Gasteiger partial charge in [-0.3, -0.25) is 9.59 Å². The number of carbonyl (C=O) groups is 2. The number of aliphatic carboxylic acids is 1. The zero-order valence-corrected chi connectivity index (χ0v) is 7.94. The summed E-state index contributed by atoms with van der Waals surface area (Å²) in [7, 11) is 0. The first-order chi connectivity index (χ1) is 6.66. The van der Waals surface area contributed by atoms with Crippen LogP contribution in [0.2, 0.25) is 0 Å². The van der Waals surface area contributed by atoms with Crippen molar-refractivity contribution in [3.8, 4) is 0 Å². The average molecular weight is 198 g/mol. The van der Waals surface area contributed by atoms with Crippen LogP contribution in [0.4, 0.5) is 0 Å². The molecule has 14 heavy (non-hydrogen) atoms. The number of hydrogen-bond donors (Lipinski definition) is 1. The minimum atomic E-state index is -0.900. The van der Waals surface area contributed by atoms with Gasteiger partial charge in [0, 0.05) is 0 Å². The van der Waals surface area contributed by atoms with Crippen molar-refractivity contribution in [2.45, 2.75) is 19.3 Å². The van der Waals surface area contributed by atoms with Gasteiger partial charge in [-0.15, -0.1) is 0 Å². The molecule has 4 heteroatoms. The van der Waals surface area contributed by atoms with E-state index in [9.17, 15) is 9.59 Å². The van der Waals surface area contributed by atoms with Gasteiger partial charge in [-0.2, -0.15) is 0 Å². The molecule has 0 saturated heterocycles. The first-order valence-corrected chi connectivity index (χ1v) is 4.67. The summed E-state index contributed by atoms with van der Waals surface area (Å²) in [6.07, 6.45) is 3.45. The minimum absolute atomic E-state index is 0.154.